The van der Waals surface area contributed by atoms with Crippen LogP contribution in [0.4, 0.5) is 5.69 Å². The van der Waals surface area contributed by atoms with E-state index in [2.05, 4.69) is 20.3 Å². The summed E-state index contributed by atoms with van der Waals surface area (Å²) in [4.78, 5) is 19.2. The third-order valence-electron chi connectivity index (χ3n) is 5.53. The zero-order valence-electron chi connectivity index (χ0n) is 15.5. The van der Waals surface area contributed by atoms with Gasteiger partial charge in [0.05, 0.1) is 17.9 Å². The van der Waals surface area contributed by atoms with Gasteiger partial charge in [0.2, 0.25) is 5.91 Å². The normalized spacial score (nSPS) is 18.0. The number of nitrogens with zero attached hydrogens (tertiary/aromatic N) is 4. The van der Waals surface area contributed by atoms with Gasteiger partial charge in [-0.2, -0.15) is 5.10 Å². The van der Waals surface area contributed by atoms with Crippen LogP contribution in [-0.4, -0.2) is 44.7 Å². The molecule has 2 saturated carbocycles. The zero-order chi connectivity index (χ0) is 18.6. The van der Waals surface area contributed by atoms with E-state index in [1.54, 1.807) is 23.1 Å². The van der Waals surface area contributed by atoms with E-state index in [0.717, 1.165) is 18.2 Å². The second kappa shape index (κ2) is 8.40. The molecule has 1 amide bonds. The van der Waals surface area contributed by atoms with Crippen LogP contribution in [-0.2, 0) is 4.79 Å². The Kier molecular flexibility index (Phi) is 5.74. The highest BCUT2D eigenvalue weighted by molar-refractivity contribution is 6.31. The van der Waals surface area contributed by atoms with Gasteiger partial charge in [0.1, 0.15) is 12.7 Å². The molecule has 2 aliphatic rings. The van der Waals surface area contributed by atoms with E-state index in [-0.39, 0.29) is 5.91 Å². The highest BCUT2D eigenvalue weighted by atomic mass is 35.5. The Hall–Kier alpha value is -1.92. The first-order valence-corrected chi connectivity index (χ1v) is 10.3. The molecule has 0 spiro atoms. The fraction of sp³-hybridized carbons (Fsp3) is 0.550. The van der Waals surface area contributed by atoms with Crippen LogP contribution in [0.15, 0.2) is 30.9 Å². The molecule has 0 atom stereocenters. The summed E-state index contributed by atoms with van der Waals surface area (Å²) in [6.07, 6.45) is 12.1. The maximum atomic E-state index is 12.8. The number of nitrogens with one attached hydrogen (secondary N) is 1. The summed E-state index contributed by atoms with van der Waals surface area (Å²) in [7, 11) is 0. The molecule has 2 aliphatic carbocycles. The molecule has 2 aromatic rings. The first-order chi connectivity index (χ1) is 13.2. The fourth-order valence-corrected chi connectivity index (χ4v) is 4.17. The summed E-state index contributed by atoms with van der Waals surface area (Å²) >= 11 is 6.15. The van der Waals surface area contributed by atoms with Crippen molar-refractivity contribution in [3.05, 3.63) is 35.9 Å². The van der Waals surface area contributed by atoms with Crippen LogP contribution in [0.5, 0.6) is 0 Å². The minimum absolute atomic E-state index is 0.00124. The summed E-state index contributed by atoms with van der Waals surface area (Å²) in [6.45, 7) is 1.48. The first-order valence-electron chi connectivity index (χ1n) is 9.87. The maximum Gasteiger partial charge on any atom is 0.238 e. The van der Waals surface area contributed by atoms with Gasteiger partial charge in [0.15, 0.2) is 0 Å². The summed E-state index contributed by atoms with van der Waals surface area (Å²) in [5.41, 5.74) is 1.42. The largest absolute Gasteiger partial charge is 0.323 e. The second-order valence-electron chi connectivity index (χ2n) is 7.71. The molecule has 1 aromatic carbocycles. The molecular formula is C20H26ClN5O. The lowest BCUT2D eigenvalue weighted by molar-refractivity contribution is -0.117. The summed E-state index contributed by atoms with van der Waals surface area (Å²) in [5.74, 6) is 0.741. The Morgan fingerprint density at radius 1 is 1.22 bits per heavy atom. The van der Waals surface area contributed by atoms with E-state index >= 15 is 0 Å². The van der Waals surface area contributed by atoms with Crippen molar-refractivity contribution >= 4 is 23.2 Å². The van der Waals surface area contributed by atoms with E-state index < -0.39 is 0 Å². The minimum Gasteiger partial charge on any atom is -0.323 e. The van der Waals surface area contributed by atoms with Crippen LogP contribution in [0.1, 0.15) is 44.9 Å². The highest BCUT2D eigenvalue weighted by Crippen LogP contribution is 2.31. The van der Waals surface area contributed by atoms with Gasteiger partial charge < -0.3 is 5.32 Å². The summed E-state index contributed by atoms with van der Waals surface area (Å²) in [6, 6.07) is 5.96. The molecule has 0 aliphatic heterocycles. The van der Waals surface area contributed by atoms with Crippen LogP contribution in [0.3, 0.4) is 0 Å². The first kappa shape index (κ1) is 18.4. The molecule has 7 heteroatoms. The molecule has 0 unspecified atom stereocenters. The number of benzene rings is 1. The predicted molar refractivity (Wildman–Crippen MR) is 106 cm³/mol. The Morgan fingerprint density at radius 3 is 2.74 bits per heavy atom. The molecule has 2 fully saturated rings. The lowest BCUT2D eigenvalue weighted by Crippen LogP contribution is -2.38. The number of amides is 1. The zero-order valence-corrected chi connectivity index (χ0v) is 16.2. The second-order valence-corrected chi connectivity index (χ2v) is 8.15. The third-order valence-corrected chi connectivity index (χ3v) is 5.76. The Bertz CT molecular complexity index is 769. The Balaban J connectivity index is 1.43. The van der Waals surface area contributed by atoms with E-state index in [1.165, 1.54) is 51.3 Å². The molecule has 1 heterocycles. The van der Waals surface area contributed by atoms with Crippen molar-refractivity contribution in [1.29, 1.82) is 0 Å². The van der Waals surface area contributed by atoms with Gasteiger partial charge in [-0.25, -0.2) is 9.67 Å². The van der Waals surface area contributed by atoms with Gasteiger partial charge >= 0.3 is 0 Å². The Morgan fingerprint density at radius 2 is 2.04 bits per heavy atom. The molecule has 1 aromatic heterocycles. The monoisotopic (exact) mass is 387 g/mol. The topological polar surface area (TPSA) is 63.1 Å². The maximum absolute atomic E-state index is 12.8. The number of rotatable bonds is 7. The van der Waals surface area contributed by atoms with E-state index in [4.69, 9.17) is 11.6 Å². The third kappa shape index (κ3) is 4.87. The molecule has 1 N–H and O–H groups in total. The predicted octanol–water partition coefficient (Wildman–Crippen LogP) is 3.90. The van der Waals surface area contributed by atoms with Crippen molar-refractivity contribution in [3.63, 3.8) is 0 Å². The van der Waals surface area contributed by atoms with Crippen molar-refractivity contribution in [1.82, 2.24) is 19.7 Å². The van der Waals surface area contributed by atoms with E-state index in [9.17, 15) is 4.79 Å². The van der Waals surface area contributed by atoms with Crippen LogP contribution in [0.25, 0.3) is 5.69 Å². The standard InChI is InChI=1S/C20H26ClN5O/c21-16-6-9-19(26-14-22-13-23-26)18(10-16)24-20(27)12-25(17-7-8-17)11-15-4-2-1-3-5-15/h6,9-10,13-15,17H,1-5,7-8,11-12H2,(H,24,27). The molecule has 4 rings (SSSR count). The van der Waals surface area contributed by atoms with Crippen molar-refractivity contribution in [2.45, 2.75) is 51.0 Å². The van der Waals surface area contributed by atoms with Gasteiger partial charge in [-0.15, -0.1) is 0 Å². The van der Waals surface area contributed by atoms with E-state index in [1.807, 2.05) is 6.07 Å². The molecule has 0 radical (unpaired) electrons. The van der Waals surface area contributed by atoms with E-state index in [0.29, 0.717) is 23.3 Å². The lowest BCUT2D eigenvalue weighted by atomic mass is 9.89. The number of carbonyl (C=O) groups excluding carboxylic acids is 1. The average molecular weight is 388 g/mol. The van der Waals surface area contributed by atoms with Gasteiger partial charge in [0, 0.05) is 17.6 Å². The van der Waals surface area contributed by atoms with Crippen LogP contribution >= 0.6 is 11.6 Å². The lowest BCUT2D eigenvalue weighted by Gasteiger charge is -2.29. The van der Waals surface area contributed by atoms with Crippen LogP contribution in [0, 0.1) is 5.92 Å². The van der Waals surface area contributed by atoms with Crippen molar-refractivity contribution in [3.8, 4) is 5.69 Å². The SMILES string of the molecule is O=C(CN(CC1CCCCC1)C1CC1)Nc1cc(Cl)ccc1-n1cncn1. The molecule has 0 saturated heterocycles. The fourth-order valence-electron chi connectivity index (χ4n) is 4.00. The molecule has 27 heavy (non-hydrogen) atoms. The molecular weight excluding hydrogens is 362 g/mol. The van der Waals surface area contributed by atoms with Crippen LogP contribution in [0.2, 0.25) is 5.02 Å². The summed E-state index contributed by atoms with van der Waals surface area (Å²) in [5, 5.41) is 7.78. The number of hydrogen-bond donors (Lipinski definition) is 1. The van der Waals surface area contributed by atoms with Crippen molar-refractivity contribution in [2.24, 2.45) is 5.92 Å². The Labute approximate surface area is 164 Å². The number of aromatic nitrogens is 3. The van der Waals surface area contributed by atoms with Gasteiger partial charge in [-0.05, 0) is 49.8 Å². The smallest absolute Gasteiger partial charge is 0.238 e. The van der Waals surface area contributed by atoms with Crippen LogP contribution < -0.4 is 5.32 Å². The van der Waals surface area contributed by atoms with Crippen molar-refractivity contribution in [2.75, 3.05) is 18.4 Å². The molecule has 0 bridgehead atoms. The highest BCUT2D eigenvalue weighted by Gasteiger charge is 2.32. The van der Waals surface area contributed by atoms with Crippen molar-refractivity contribution < 1.29 is 4.79 Å². The number of anilines is 1. The van der Waals surface area contributed by atoms with Gasteiger partial charge in [0.25, 0.3) is 0 Å². The average Bonchev–Trinajstić information content (AvgIpc) is 3.37. The number of halogens is 1. The minimum atomic E-state index is 0.00124. The molecule has 144 valence electrons. The number of carbonyl (C=O) groups is 1. The molecule has 6 nitrogen and oxygen atoms in total. The quantitative estimate of drug-likeness (QED) is 0.782. The van der Waals surface area contributed by atoms with Gasteiger partial charge in [-0.3, -0.25) is 9.69 Å². The summed E-state index contributed by atoms with van der Waals surface area (Å²) < 4.78 is 1.63. The number of hydrogen-bond acceptors (Lipinski definition) is 4. The van der Waals surface area contributed by atoms with Gasteiger partial charge in [-0.1, -0.05) is 30.9 Å².